The number of nitriles is 1. The molecule has 6 nitrogen and oxygen atoms in total. The Morgan fingerprint density at radius 2 is 1.97 bits per heavy atom. The summed E-state index contributed by atoms with van der Waals surface area (Å²) in [6, 6.07) is 14.4. The van der Waals surface area contributed by atoms with Gasteiger partial charge in [0.05, 0.1) is 18.8 Å². The summed E-state index contributed by atoms with van der Waals surface area (Å²) in [4.78, 5) is 16.4. The first-order valence-electron chi connectivity index (χ1n) is 10.2. The van der Waals surface area contributed by atoms with Crippen molar-refractivity contribution in [2.75, 3.05) is 44.2 Å². The number of nitrogens with one attached hydrogen (secondary N) is 1. The van der Waals surface area contributed by atoms with Gasteiger partial charge < -0.3 is 15.0 Å². The van der Waals surface area contributed by atoms with Crippen LogP contribution in [0.2, 0.25) is 0 Å². The van der Waals surface area contributed by atoms with Gasteiger partial charge in [-0.15, -0.1) is 0 Å². The molecule has 0 atom stereocenters. The van der Waals surface area contributed by atoms with Gasteiger partial charge in [-0.3, -0.25) is 9.69 Å². The number of hydrogen-bond acceptors (Lipinski definition) is 5. The Bertz CT molecular complexity index is 904. The van der Waals surface area contributed by atoms with Gasteiger partial charge in [-0.05, 0) is 36.2 Å². The van der Waals surface area contributed by atoms with Crippen molar-refractivity contribution in [3.63, 3.8) is 0 Å². The number of nitrogens with zero attached hydrogens (tertiary/aromatic N) is 3. The number of hydrogen-bond donors (Lipinski definition) is 1. The number of amides is 1. The van der Waals surface area contributed by atoms with Crippen LogP contribution in [0.15, 0.2) is 42.5 Å². The van der Waals surface area contributed by atoms with Crippen LogP contribution in [-0.2, 0) is 11.3 Å². The number of anilines is 1. The molecule has 2 aromatic rings. The molecule has 1 heterocycles. The molecule has 0 spiro atoms. The highest BCUT2D eigenvalue weighted by atomic mass is 19.1. The van der Waals surface area contributed by atoms with Crippen LogP contribution < -0.4 is 15.0 Å². The molecular weight excluding hydrogens is 383 g/mol. The van der Waals surface area contributed by atoms with E-state index >= 15 is 0 Å². The Labute approximate surface area is 176 Å². The van der Waals surface area contributed by atoms with Gasteiger partial charge in [0, 0.05) is 32.7 Å². The zero-order chi connectivity index (χ0) is 21.3. The number of piperazine rings is 1. The van der Waals surface area contributed by atoms with Gasteiger partial charge in [-0.25, -0.2) is 4.39 Å². The van der Waals surface area contributed by atoms with Crippen LogP contribution in [0.4, 0.5) is 10.1 Å². The average Bonchev–Trinajstić information content (AvgIpc) is 2.77. The van der Waals surface area contributed by atoms with E-state index in [9.17, 15) is 14.4 Å². The van der Waals surface area contributed by atoms with Gasteiger partial charge in [-0.2, -0.15) is 5.26 Å². The highest BCUT2D eigenvalue weighted by Gasteiger charge is 2.22. The zero-order valence-corrected chi connectivity index (χ0v) is 17.2. The van der Waals surface area contributed by atoms with Crippen molar-refractivity contribution in [3.8, 4) is 11.8 Å². The van der Waals surface area contributed by atoms with E-state index in [0.29, 0.717) is 51.6 Å². The first-order valence-corrected chi connectivity index (χ1v) is 10.2. The monoisotopic (exact) mass is 410 g/mol. The topological polar surface area (TPSA) is 68.6 Å². The van der Waals surface area contributed by atoms with E-state index < -0.39 is 5.82 Å². The molecule has 7 heteroatoms. The summed E-state index contributed by atoms with van der Waals surface area (Å²) in [6.45, 7) is 6.14. The summed E-state index contributed by atoms with van der Waals surface area (Å²) in [5.41, 5.74) is 1.69. The number of rotatable bonds is 8. The van der Waals surface area contributed by atoms with Gasteiger partial charge in [0.2, 0.25) is 5.91 Å². The van der Waals surface area contributed by atoms with E-state index in [-0.39, 0.29) is 11.5 Å². The van der Waals surface area contributed by atoms with Crippen LogP contribution in [-0.4, -0.2) is 50.1 Å². The van der Waals surface area contributed by atoms with E-state index in [0.717, 1.165) is 17.7 Å². The SMILES string of the molecule is CCCOc1cccc(CNC(=O)CN2CCN(c3cccc(F)c3C#N)CC2)c1. The van der Waals surface area contributed by atoms with Crippen molar-refractivity contribution < 1.29 is 13.9 Å². The lowest BCUT2D eigenvalue weighted by Gasteiger charge is -2.36. The second kappa shape index (κ2) is 10.6. The molecule has 3 rings (SSSR count). The Morgan fingerprint density at radius 1 is 1.20 bits per heavy atom. The van der Waals surface area contributed by atoms with Gasteiger partial charge in [-0.1, -0.05) is 25.1 Å². The van der Waals surface area contributed by atoms with Crippen LogP contribution in [0.25, 0.3) is 0 Å². The highest BCUT2D eigenvalue weighted by Crippen LogP contribution is 2.23. The first-order chi connectivity index (χ1) is 14.6. The summed E-state index contributed by atoms with van der Waals surface area (Å²) in [5, 5.41) is 12.2. The maximum atomic E-state index is 13.8. The predicted molar refractivity (Wildman–Crippen MR) is 114 cm³/mol. The number of halogens is 1. The molecule has 1 N–H and O–H groups in total. The maximum Gasteiger partial charge on any atom is 0.234 e. The van der Waals surface area contributed by atoms with Gasteiger partial charge in [0.1, 0.15) is 23.2 Å². The third kappa shape index (κ3) is 5.71. The second-order valence-corrected chi connectivity index (χ2v) is 7.28. The van der Waals surface area contributed by atoms with Crippen molar-refractivity contribution in [3.05, 3.63) is 59.4 Å². The smallest absolute Gasteiger partial charge is 0.234 e. The van der Waals surface area contributed by atoms with Crippen molar-refractivity contribution >= 4 is 11.6 Å². The van der Waals surface area contributed by atoms with Crippen LogP contribution >= 0.6 is 0 Å². The summed E-state index contributed by atoms with van der Waals surface area (Å²) in [7, 11) is 0. The molecule has 0 bridgehead atoms. The zero-order valence-electron chi connectivity index (χ0n) is 17.2. The molecule has 0 unspecified atom stereocenters. The molecule has 1 fully saturated rings. The molecule has 1 amide bonds. The van der Waals surface area contributed by atoms with E-state index in [1.165, 1.54) is 6.07 Å². The fraction of sp³-hybridized carbons (Fsp3) is 0.391. The molecule has 158 valence electrons. The molecule has 1 aliphatic rings. The Balaban J connectivity index is 1.46. The number of carbonyl (C=O) groups excluding carboxylic acids is 1. The maximum absolute atomic E-state index is 13.8. The molecule has 0 saturated carbocycles. The minimum absolute atomic E-state index is 0.0354. The van der Waals surface area contributed by atoms with Crippen LogP contribution in [0.1, 0.15) is 24.5 Å². The van der Waals surface area contributed by atoms with Crippen molar-refractivity contribution in [2.24, 2.45) is 0 Å². The van der Waals surface area contributed by atoms with E-state index in [4.69, 9.17) is 4.74 Å². The second-order valence-electron chi connectivity index (χ2n) is 7.28. The molecular formula is C23H27FN4O2. The lowest BCUT2D eigenvalue weighted by atomic mass is 10.1. The van der Waals surface area contributed by atoms with Crippen LogP contribution in [0.3, 0.4) is 0 Å². The minimum Gasteiger partial charge on any atom is -0.494 e. The van der Waals surface area contributed by atoms with Gasteiger partial charge in [0.25, 0.3) is 0 Å². The van der Waals surface area contributed by atoms with Gasteiger partial charge in [0.15, 0.2) is 0 Å². The fourth-order valence-corrected chi connectivity index (χ4v) is 3.46. The molecule has 0 radical (unpaired) electrons. The molecule has 0 aliphatic carbocycles. The highest BCUT2D eigenvalue weighted by molar-refractivity contribution is 5.78. The standard InChI is InChI=1S/C23H27FN4O2/c1-2-13-30-19-6-3-5-18(14-19)16-26-23(29)17-27-9-11-28(12-10-27)22-8-4-7-21(24)20(22)15-25/h3-8,14H,2,9-13,16-17H2,1H3,(H,26,29). The molecule has 30 heavy (non-hydrogen) atoms. The van der Waals surface area contributed by atoms with Gasteiger partial charge >= 0.3 is 0 Å². The predicted octanol–water partition coefficient (Wildman–Crippen LogP) is 2.92. The van der Waals surface area contributed by atoms with Crippen molar-refractivity contribution in [2.45, 2.75) is 19.9 Å². The van der Waals surface area contributed by atoms with E-state index in [2.05, 4.69) is 17.1 Å². The van der Waals surface area contributed by atoms with Crippen molar-refractivity contribution in [1.82, 2.24) is 10.2 Å². The molecule has 1 aliphatic heterocycles. The summed E-state index contributed by atoms with van der Waals surface area (Å²) >= 11 is 0. The number of carbonyl (C=O) groups is 1. The van der Waals surface area contributed by atoms with E-state index in [1.807, 2.05) is 35.2 Å². The van der Waals surface area contributed by atoms with Crippen LogP contribution in [0, 0.1) is 17.1 Å². The quantitative estimate of drug-likeness (QED) is 0.725. The Hall–Kier alpha value is -3.11. The summed E-state index contributed by atoms with van der Waals surface area (Å²) < 4.78 is 19.5. The lowest BCUT2D eigenvalue weighted by Crippen LogP contribution is -2.49. The van der Waals surface area contributed by atoms with Crippen molar-refractivity contribution in [1.29, 1.82) is 5.26 Å². The normalized spacial score (nSPS) is 14.2. The fourth-order valence-electron chi connectivity index (χ4n) is 3.46. The average molecular weight is 410 g/mol. The van der Waals surface area contributed by atoms with E-state index in [1.54, 1.807) is 12.1 Å². The number of ether oxygens (including phenoxy) is 1. The molecule has 1 saturated heterocycles. The lowest BCUT2D eigenvalue weighted by molar-refractivity contribution is -0.122. The third-order valence-corrected chi connectivity index (χ3v) is 5.04. The van der Waals surface area contributed by atoms with Crippen LogP contribution in [0.5, 0.6) is 5.75 Å². The third-order valence-electron chi connectivity index (χ3n) is 5.04. The first kappa shape index (κ1) is 21.6. The molecule has 0 aromatic heterocycles. The Kier molecular flexibility index (Phi) is 7.63. The number of benzene rings is 2. The summed E-state index contributed by atoms with van der Waals surface area (Å²) in [5.74, 6) is 0.279. The Morgan fingerprint density at radius 3 is 2.70 bits per heavy atom. The minimum atomic E-state index is -0.499. The summed E-state index contributed by atoms with van der Waals surface area (Å²) in [6.07, 6.45) is 0.950. The largest absolute Gasteiger partial charge is 0.494 e. The molecule has 2 aromatic carbocycles.